The van der Waals surface area contributed by atoms with Crippen molar-refractivity contribution < 1.29 is 12.1 Å². The molecule has 5 atom stereocenters. The minimum Gasteiger partial charge on any atom is -0.404 e. The molecule has 4 fully saturated rings. The molecule has 0 radical (unpaired) electrons. The van der Waals surface area contributed by atoms with Gasteiger partial charge < -0.3 is 15.0 Å². The van der Waals surface area contributed by atoms with E-state index in [-0.39, 0.29) is 17.6 Å². The summed E-state index contributed by atoms with van der Waals surface area (Å²) in [4.78, 5) is 0. The normalized spacial score (nSPS) is 47.3. The van der Waals surface area contributed by atoms with Crippen LogP contribution in [0.2, 0.25) is 0 Å². The lowest BCUT2D eigenvalue weighted by Gasteiger charge is -2.64. The van der Waals surface area contributed by atoms with E-state index in [0.29, 0.717) is 17.3 Å². The maximum absolute atomic E-state index is 8.20. The standard InChI is InChI=1S/C15H28BNO2/c1-9(2)6-13(17)16-18-12-8-10-7-11(14(10,3)4)15(12,5)19-16/h9-13H,6-8,17H2,1-5H3/t10-,11-,12+,13-,15-/m0/s1/i6D2. The van der Waals surface area contributed by atoms with Gasteiger partial charge in [0.1, 0.15) is 0 Å². The predicted octanol–water partition coefficient (Wildman–Crippen LogP) is 2.63. The van der Waals surface area contributed by atoms with E-state index in [2.05, 4.69) is 20.8 Å². The molecule has 2 N–H and O–H groups in total. The van der Waals surface area contributed by atoms with Crippen LogP contribution in [0.5, 0.6) is 0 Å². The summed E-state index contributed by atoms with van der Waals surface area (Å²) in [7, 11) is -0.632. The predicted molar refractivity (Wildman–Crippen MR) is 77.5 cm³/mol. The highest BCUT2D eigenvalue weighted by Gasteiger charge is 2.68. The van der Waals surface area contributed by atoms with Crippen LogP contribution >= 0.6 is 0 Å². The Balaban J connectivity index is 1.79. The van der Waals surface area contributed by atoms with E-state index in [0.717, 1.165) is 6.42 Å². The molecule has 4 aliphatic rings. The zero-order valence-corrected chi connectivity index (χ0v) is 12.8. The molecule has 4 rings (SSSR count). The van der Waals surface area contributed by atoms with Gasteiger partial charge in [-0.25, -0.2) is 0 Å². The second-order valence-electron chi connectivity index (χ2n) is 7.68. The maximum atomic E-state index is 8.20. The fourth-order valence-electron chi connectivity index (χ4n) is 4.52. The highest BCUT2D eigenvalue weighted by atomic mass is 16.7. The minimum absolute atomic E-state index is 0.0632. The largest absolute Gasteiger partial charge is 0.475 e. The van der Waals surface area contributed by atoms with Crippen molar-refractivity contribution in [3.63, 3.8) is 0 Å². The molecule has 19 heavy (non-hydrogen) atoms. The van der Waals surface area contributed by atoms with Crippen LogP contribution in [0.3, 0.4) is 0 Å². The molecule has 1 aliphatic heterocycles. The Labute approximate surface area is 120 Å². The van der Waals surface area contributed by atoms with Crippen molar-refractivity contribution in [2.24, 2.45) is 28.9 Å². The summed E-state index contributed by atoms with van der Waals surface area (Å²) in [6.07, 6.45) is 0.775. The molecular formula is C15H28BNO2. The van der Waals surface area contributed by atoms with Gasteiger partial charge in [-0.3, -0.25) is 0 Å². The van der Waals surface area contributed by atoms with Crippen molar-refractivity contribution in [2.45, 2.75) is 71.5 Å². The lowest BCUT2D eigenvalue weighted by atomic mass is 9.43. The first-order valence-electron chi connectivity index (χ1n) is 8.60. The van der Waals surface area contributed by atoms with Crippen molar-refractivity contribution in [1.82, 2.24) is 0 Å². The molecule has 0 amide bonds. The van der Waals surface area contributed by atoms with Gasteiger partial charge in [-0.15, -0.1) is 0 Å². The minimum atomic E-state index is -1.49. The third-order valence-electron chi connectivity index (χ3n) is 5.79. The molecule has 0 aromatic rings. The molecule has 0 spiro atoms. The quantitative estimate of drug-likeness (QED) is 0.799. The van der Waals surface area contributed by atoms with E-state index < -0.39 is 19.4 Å². The highest BCUT2D eigenvalue weighted by Crippen LogP contribution is 2.65. The third kappa shape index (κ3) is 1.90. The number of hydrogen-bond acceptors (Lipinski definition) is 3. The van der Waals surface area contributed by atoms with Crippen molar-refractivity contribution in [2.75, 3.05) is 0 Å². The van der Waals surface area contributed by atoms with Crippen LogP contribution in [0, 0.1) is 23.2 Å². The average Bonchev–Trinajstić information content (AvgIpc) is 2.73. The molecule has 0 aromatic carbocycles. The van der Waals surface area contributed by atoms with Gasteiger partial charge in [0.25, 0.3) is 0 Å². The Bertz CT molecular complexity index is 445. The smallest absolute Gasteiger partial charge is 0.404 e. The summed E-state index contributed by atoms with van der Waals surface area (Å²) in [5, 5.41) is 0. The van der Waals surface area contributed by atoms with E-state index in [1.807, 2.05) is 13.8 Å². The zero-order chi connectivity index (χ0) is 15.8. The maximum Gasteiger partial charge on any atom is 0.475 e. The first kappa shape index (κ1) is 11.6. The van der Waals surface area contributed by atoms with E-state index >= 15 is 0 Å². The van der Waals surface area contributed by atoms with Gasteiger partial charge in [0, 0.05) is 8.68 Å². The molecule has 4 heteroatoms. The van der Waals surface area contributed by atoms with Crippen LogP contribution < -0.4 is 5.73 Å². The Morgan fingerprint density at radius 1 is 1.37 bits per heavy atom. The lowest BCUT2D eigenvalue weighted by Crippen LogP contribution is -2.65. The van der Waals surface area contributed by atoms with Crippen LogP contribution in [0.25, 0.3) is 0 Å². The molecule has 1 heterocycles. The van der Waals surface area contributed by atoms with Crippen molar-refractivity contribution in [3.8, 4) is 0 Å². The molecule has 3 nitrogen and oxygen atoms in total. The van der Waals surface area contributed by atoms with Crippen molar-refractivity contribution in [1.29, 1.82) is 0 Å². The first-order valence-corrected chi connectivity index (χ1v) is 7.60. The molecule has 108 valence electrons. The summed E-state index contributed by atoms with van der Waals surface area (Å²) >= 11 is 0. The van der Waals surface area contributed by atoms with E-state index in [1.54, 1.807) is 0 Å². The van der Waals surface area contributed by atoms with E-state index in [4.69, 9.17) is 17.8 Å². The van der Waals surface area contributed by atoms with Crippen molar-refractivity contribution in [3.05, 3.63) is 0 Å². The summed E-state index contributed by atoms with van der Waals surface area (Å²) < 4.78 is 28.7. The fourth-order valence-corrected chi connectivity index (χ4v) is 4.52. The van der Waals surface area contributed by atoms with Gasteiger partial charge in [0.2, 0.25) is 0 Å². The number of hydrogen-bond donors (Lipinski definition) is 1. The Morgan fingerprint density at radius 3 is 2.63 bits per heavy atom. The van der Waals surface area contributed by atoms with Crippen LogP contribution in [0.15, 0.2) is 0 Å². The number of nitrogens with two attached hydrogens (primary N) is 1. The van der Waals surface area contributed by atoms with Gasteiger partial charge >= 0.3 is 7.12 Å². The fraction of sp³-hybridized carbons (Fsp3) is 1.00. The van der Waals surface area contributed by atoms with Crippen LogP contribution in [0.4, 0.5) is 0 Å². The Kier molecular flexibility index (Phi) is 2.57. The Morgan fingerprint density at radius 2 is 2.05 bits per heavy atom. The van der Waals surface area contributed by atoms with Crippen LogP contribution in [-0.4, -0.2) is 24.8 Å². The molecule has 1 saturated heterocycles. The monoisotopic (exact) mass is 267 g/mol. The molecule has 3 aliphatic carbocycles. The zero-order valence-electron chi connectivity index (χ0n) is 14.8. The second-order valence-corrected chi connectivity index (χ2v) is 7.68. The van der Waals surface area contributed by atoms with Gasteiger partial charge in [-0.2, -0.15) is 0 Å². The van der Waals surface area contributed by atoms with Gasteiger partial charge in [0.05, 0.1) is 11.7 Å². The van der Waals surface area contributed by atoms with Gasteiger partial charge in [-0.1, -0.05) is 27.7 Å². The number of rotatable bonds is 3. The summed E-state index contributed by atoms with van der Waals surface area (Å²) in [5.74, 6) is 0.261. The summed E-state index contributed by atoms with van der Waals surface area (Å²) in [6, 6.07) is 0. The van der Waals surface area contributed by atoms with Gasteiger partial charge in [-0.05, 0) is 49.3 Å². The average molecular weight is 267 g/mol. The SMILES string of the molecule is [2H]C([2H])(C(C)C)[C@H](N)B1O[C@@H]2C[C@@H]3C[C@@H](C3(C)C)[C@]2(C)O1. The third-order valence-corrected chi connectivity index (χ3v) is 5.79. The Hall–Kier alpha value is -0.0551. The van der Waals surface area contributed by atoms with Gasteiger partial charge in [0.15, 0.2) is 0 Å². The molecule has 0 unspecified atom stereocenters. The highest BCUT2D eigenvalue weighted by molar-refractivity contribution is 6.47. The molecule has 0 aromatic heterocycles. The topological polar surface area (TPSA) is 44.5 Å². The van der Waals surface area contributed by atoms with Crippen LogP contribution in [-0.2, 0) is 9.31 Å². The van der Waals surface area contributed by atoms with Crippen LogP contribution in [0.1, 0.15) is 56.6 Å². The van der Waals surface area contributed by atoms with E-state index in [9.17, 15) is 0 Å². The molecular weight excluding hydrogens is 237 g/mol. The molecule has 2 bridgehead atoms. The lowest BCUT2D eigenvalue weighted by molar-refractivity contribution is -0.199. The summed E-state index contributed by atoms with van der Waals surface area (Å²) in [6.45, 7) is 10.5. The van der Waals surface area contributed by atoms with Crippen molar-refractivity contribution >= 4 is 7.12 Å². The first-order chi connectivity index (χ1) is 9.51. The summed E-state index contributed by atoms with van der Waals surface area (Å²) in [5.41, 5.74) is 6.16. The second kappa shape index (κ2) is 4.22. The molecule has 3 saturated carbocycles. The van der Waals surface area contributed by atoms with E-state index in [1.165, 1.54) is 6.42 Å².